The third kappa shape index (κ3) is 3.07. The van der Waals surface area contributed by atoms with Crippen LogP contribution in [-0.2, 0) is 6.54 Å². The van der Waals surface area contributed by atoms with Gasteiger partial charge in [-0.1, -0.05) is 30.3 Å². The van der Waals surface area contributed by atoms with Crippen molar-refractivity contribution < 1.29 is 0 Å². The Morgan fingerprint density at radius 1 is 1.24 bits per heavy atom. The van der Waals surface area contributed by atoms with E-state index in [-0.39, 0.29) is 0 Å². The van der Waals surface area contributed by atoms with E-state index in [2.05, 4.69) is 63.2 Å². The van der Waals surface area contributed by atoms with E-state index >= 15 is 0 Å². The van der Waals surface area contributed by atoms with E-state index < -0.39 is 0 Å². The fourth-order valence-electron chi connectivity index (χ4n) is 1.74. The molecule has 2 nitrogen and oxygen atoms in total. The van der Waals surface area contributed by atoms with Crippen molar-refractivity contribution in [2.45, 2.75) is 13.5 Å². The van der Waals surface area contributed by atoms with E-state index in [1.807, 2.05) is 19.2 Å². The second-order valence-electron chi connectivity index (χ2n) is 4.16. The molecule has 0 aliphatic rings. The molecule has 3 heteroatoms. The van der Waals surface area contributed by atoms with Gasteiger partial charge in [0.05, 0.1) is 4.47 Å². The minimum Gasteiger partial charge on any atom is -0.354 e. The highest BCUT2D eigenvalue weighted by atomic mass is 79.9. The van der Waals surface area contributed by atoms with Gasteiger partial charge in [-0.05, 0) is 40.0 Å². The quantitative estimate of drug-likeness (QED) is 0.855. The maximum absolute atomic E-state index is 4.45. The summed E-state index contributed by atoms with van der Waals surface area (Å²) in [5, 5.41) is 0. The number of aryl methyl sites for hydroxylation is 1. The second-order valence-corrected chi connectivity index (χ2v) is 5.01. The van der Waals surface area contributed by atoms with Gasteiger partial charge in [-0.3, -0.25) is 0 Å². The van der Waals surface area contributed by atoms with Gasteiger partial charge < -0.3 is 4.90 Å². The number of hydrogen-bond acceptors (Lipinski definition) is 2. The third-order valence-corrected chi connectivity index (χ3v) is 3.17. The van der Waals surface area contributed by atoms with E-state index in [0.717, 1.165) is 22.4 Å². The van der Waals surface area contributed by atoms with Crippen molar-refractivity contribution >= 4 is 21.7 Å². The van der Waals surface area contributed by atoms with Crippen molar-refractivity contribution in [2.24, 2.45) is 0 Å². The first-order valence-corrected chi connectivity index (χ1v) is 6.33. The Labute approximate surface area is 110 Å². The van der Waals surface area contributed by atoms with E-state index in [9.17, 15) is 0 Å². The van der Waals surface area contributed by atoms with Gasteiger partial charge in [-0.25, -0.2) is 4.98 Å². The minimum atomic E-state index is 0.857. The van der Waals surface area contributed by atoms with Crippen molar-refractivity contribution in [3.05, 3.63) is 58.2 Å². The van der Waals surface area contributed by atoms with Crippen molar-refractivity contribution in [1.29, 1.82) is 0 Å². The summed E-state index contributed by atoms with van der Waals surface area (Å²) in [7, 11) is 2.05. The van der Waals surface area contributed by atoms with E-state index in [4.69, 9.17) is 0 Å². The molecular weight excluding hydrogens is 276 g/mol. The van der Waals surface area contributed by atoms with Crippen LogP contribution in [0.2, 0.25) is 0 Å². The molecule has 1 heterocycles. The van der Waals surface area contributed by atoms with Crippen molar-refractivity contribution in [1.82, 2.24) is 4.98 Å². The molecule has 0 unspecified atom stereocenters. The monoisotopic (exact) mass is 290 g/mol. The molecule has 1 aromatic heterocycles. The molecule has 0 radical (unpaired) electrons. The summed E-state index contributed by atoms with van der Waals surface area (Å²) in [5.74, 6) is 0.972. The Kier molecular flexibility index (Phi) is 3.79. The molecule has 0 aliphatic carbocycles. The van der Waals surface area contributed by atoms with Crippen LogP contribution >= 0.6 is 15.9 Å². The Bertz CT molecular complexity index is 497. The van der Waals surface area contributed by atoms with Crippen molar-refractivity contribution in [3.63, 3.8) is 0 Å². The predicted octanol–water partition coefficient (Wildman–Crippen LogP) is 3.79. The number of rotatable bonds is 3. The Morgan fingerprint density at radius 2 is 1.94 bits per heavy atom. The molecule has 2 aromatic rings. The smallest absolute Gasteiger partial charge is 0.142 e. The van der Waals surface area contributed by atoms with Crippen molar-refractivity contribution in [2.75, 3.05) is 11.9 Å². The molecule has 2 rings (SSSR count). The van der Waals surface area contributed by atoms with Crippen molar-refractivity contribution in [3.8, 4) is 0 Å². The van der Waals surface area contributed by atoms with E-state index in [1.54, 1.807) is 0 Å². The van der Waals surface area contributed by atoms with Crippen LogP contribution in [0.5, 0.6) is 0 Å². The maximum atomic E-state index is 4.45. The van der Waals surface area contributed by atoms with Crippen LogP contribution < -0.4 is 4.90 Å². The molecule has 0 amide bonds. The third-order valence-electron chi connectivity index (χ3n) is 2.58. The highest BCUT2D eigenvalue weighted by molar-refractivity contribution is 9.10. The van der Waals surface area contributed by atoms with Gasteiger partial charge in [0.15, 0.2) is 0 Å². The lowest BCUT2D eigenvalue weighted by molar-refractivity contribution is 0.892. The Morgan fingerprint density at radius 3 is 2.59 bits per heavy atom. The summed E-state index contributed by atoms with van der Waals surface area (Å²) in [6, 6.07) is 12.5. The summed E-state index contributed by atoms with van der Waals surface area (Å²) in [6.07, 6.45) is 1.89. The molecule has 0 N–H and O–H groups in total. The molecule has 17 heavy (non-hydrogen) atoms. The normalized spacial score (nSPS) is 10.3. The van der Waals surface area contributed by atoms with Gasteiger partial charge in [-0.2, -0.15) is 0 Å². The fraction of sp³-hybridized carbons (Fsp3) is 0.214. The largest absolute Gasteiger partial charge is 0.354 e. The highest BCUT2D eigenvalue weighted by Gasteiger charge is 2.07. The SMILES string of the molecule is Cc1cnc(N(C)Cc2ccccc2)c(Br)c1. The molecule has 1 aromatic carbocycles. The number of pyridine rings is 1. The summed E-state index contributed by atoms with van der Waals surface area (Å²) < 4.78 is 1.04. The van der Waals surface area contributed by atoms with Gasteiger partial charge in [-0.15, -0.1) is 0 Å². The topological polar surface area (TPSA) is 16.1 Å². The fourth-order valence-corrected chi connectivity index (χ4v) is 2.51. The molecule has 0 aliphatic heterocycles. The zero-order valence-corrected chi connectivity index (χ0v) is 11.6. The zero-order valence-electron chi connectivity index (χ0n) is 10.0. The standard InChI is InChI=1S/C14H15BrN2/c1-11-8-13(15)14(16-9-11)17(2)10-12-6-4-3-5-7-12/h3-9H,10H2,1-2H3. The molecule has 0 saturated heterocycles. The lowest BCUT2D eigenvalue weighted by Gasteiger charge is -2.19. The number of halogens is 1. The molecule has 0 saturated carbocycles. The molecule has 0 spiro atoms. The molecule has 0 bridgehead atoms. The van der Waals surface area contributed by atoms with Crippen LogP contribution in [0.3, 0.4) is 0 Å². The summed E-state index contributed by atoms with van der Waals surface area (Å²) >= 11 is 3.56. The first-order valence-electron chi connectivity index (χ1n) is 5.54. The Balaban J connectivity index is 2.17. The van der Waals surface area contributed by atoms with Gasteiger partial charge in [0.1, 0.15) is 5.82 Å². The number of hydrogen-bond donors (Lipinski definition) is 0. The van der Waals surface area contributed by atoms with Gasteiger partial charge in [0.2, 0.25) is 0 Å². The van der Waals surface area contributed by atoms with E-state index in [0.29, 0.717) is 0 Å². The first-order chi connectivity index (χ1) is 8.16. The molecule has 0 atom stereocenters. The number of benzene rings is 1. The number of aromatic nitrogens is 1. The molecule has 0 fully saturated rings. The average Bonchev–Trinajstić information content (AvgIpc) is 2.30. The summed E-state index contributed by atoms with van der Waals surface area (Å²) in [5.41, 5.74) is 2.44. The van der Waals surface area contributed by atoms with Crippen LogP contribution in [0.15, 0.2) is 47.1 Å². The average molecular weight is 291 g/mol. The minimum absolute atomic E-state index is 0.857. The van der Waals surface area contributed by atoms with Crippen LogP contribution in [-0.4, -0.2) is 12.0 Å². The van der Waals surface area contributed by atoms with Gasteiger partial charge >= 0.3 is 0 Å². The summed E-state index contributed by atoms with van der Waals surface area (Å²) in [6.45, 7) is 2.90. The number of anilines is 1. The predicted molar refractivity (Wildman–Crippen MR) is 75.2 cm³/mol. The highest BCUT2D eigenvalue weighted by Crippen LogP contribution is 2.24. The first kappa shape index (κ1) is 12.1. The van der Waals surface area contributed by atoms with Gasteiger partial charge in [0.25, 0.3) is 0 Å². The number of nitrogens with zero attached hydrogens (tertiary/aromatic N) is 2. The van der Waals surface area contributed by atoms with Crippen LogP contribution in [0, 0.1) is 6.92 Å². The Hall–Kier alpha value is -1.35. The van der Waals surface area contributed by atoms with Crippen LogP contribution in [0.25, 0.3) is 0 Å². The van der Waals surface area contributed by atoms with Crippen LogP contribution in [0.4, 0.5) is 5.82 Å². The molecule has 88 valence electrons. The lowest BCUT2D eigenvalue weighted by atomic mass is 10.2. The van der Waals surface area contributed by atoms with Crippen LogP contribution in [0.1, 0.15) is 11.1 Å². The van der Waals surface area contributed by atoms with Gasteiger partial charge in [0, 0.05) is 19.8 Å². The van der Waals surface area contributed by atoms with E-state index in [1.165, 1.54) is 5.56 Å². The second kappa shape index (κ2) is 5.32. The summed E-state index contributed by atoms with van der Waals surface area (Å²) in [4.78, 5) is 6.59. The molecular formula is C14H15BrN2. The maximum Gasteiger partial charge on any atom is 0.142 e. The zero-order chi connectivity index (χ0) is 12.3. The lowest BCUT2D eigenvalue weighted by Crippen LogP contribution is -2.18.